The van der Waals surface area contributed by atoms with Crippen molar-refractivity contribution in [1.29, 1.82) is 0 Å². The monoisotopic (exact) mass is 416 g/mol. The van der Waals surface area contributed by atoms with Crippen molar-refractivity contribution in [3.63, 3.8) is 0 Å². The average Bonchev–Trinajstić information content (AvgIpc) is 2.99. The summed E-state index contributed by atoms with van der Waals surface area (Å²) in [5.74, 6) is -0.0431. The highest BCUT2D eigenvalue weighted by Gasteiger charge is 2.71. The Morgan fingerprint density at radius 1 is 1.03 bits per heavy atom. The first-order chi connectivity index (χ1) is 14.2. The highest BCUT2D eigenvalue weighted by molar-refractivity contribution is 5.64. The van der Waals surface area contributed by atoms with Gasteiger partial charge in [0.25, 0.3) is 0 Å². The van der Waals surface area contributed by atoms with E-state index in [0.717, 1.165) is 31.1 Å². The first-order valence-electron chi connectivity index (χ1n) is 11.4. The maximum absolute atomic E-state index is 12.5. The van der Waals surface area contributed by atoms with Gasteiger partial charge >= 0.3 is 5.63 Å². The van der Waals surface area contributed by atoms with Crippen LogP contribution < -0.4 is 5.63 Å². The lowest BCUT2D eigenvalue weighted by molar-refractivity contribution is -0.247. The zero-order chi connectivity index (χ0) is 21.4. The average molecular weight is 417 g/mol. The minimum atomic E-state index is -1.18. The van der Waals surface area contributed by atoms with Crippen LogP contribution in [-0.2, 0) is 4.79 Å². The first-order valence-corrected chi connectivity index (χ1v) is 11.4. The summed E-state index contributed by atoms with van der Waals surface area (Å²) < 4.78 is 5.12. The van der Waals surface area contributed by atoms with Gasteiger partial charge in [0.1, 0.15) is 6.29 Å². The SMILES string of the molecule is C[C@]12CCC3C(CC[C@]4(O)C[C@H](O)CCC34C=O)[C@@]1(O)CC[C@@H]2c1ccc(=O)oc1. The van der Waals surface area contributed by atoms with Gasteiger partial charge in [-0.05, 0) is 80.8 Å². The molecule has 0 saturated heterocycles. The van der Waals surface area contributed by atoms with Crippen LogP contribution in [0.2, 0.25) is 0 Å². The highest BCUT2D eigenvalue weighted by Crippen LogP contribution is 2.70. The quantitative estimate of drug-likeness (QED) is 0.640. The number of carbonyl (C=O) groups excluding carboxylic acids is 1. The molecular formula is C24H32O6. The van der Waals surface area contributed by atoms with Gasteiger partial charge in [-0.2, -0.15) is 0 Å². The molecule has 8 atom stereocenters. The van der Waals surface area contributed by atoms with Crippen LogP contribution in [0.25, 0.3) is 0 Å². The summed E-state index contributed by atoms with van der Waals surface area (Å²) in [5.41, 5.74) is -2.79. The van der Waals surface area contributed by atoms with E-state index in [2.05, 4.69) is 6.92 Å². The van der Waals surface area contributed by atoms with Gasteiger partial charge in [0.05, 0.1) is 29.0 Å². The number of hydrogen-bond donors (Lipinski definition) is 3. The maximum atomic E-state index is 12.5. The molecule has 1 aromatic heterocycles. The number of aliphatic hydroxyl groups excluding tert-OH is 1. The molecule has 3 unspecified atom stereocenters. The highest BCUT2D eigenvalue weighted by atomic mass is 16.4. The van der Waals surface area contributed by atoms with Crippen LogP contribution in [-0.4, -0.2) is 38.9 Å². The van der Waals surface area contributed by atoms with E-state index < -0.39 is 22.7 Å². The smallest absolute Gasteiger partial charge is 0.335 e. The van der Waals surface area contributed by atoms with Crippen molar-refractivity contribution in [2.75, 3.05) is 0 Å². The van der Waals surface area contributed by atoms with Gasteiger partial charge in [-0.25, -0.2) is 4.79 Å². The van der Waals surface area contributed by atoms with Crippen molar-refractivity contribution in [1.82, 2.24) is 0 Å². The molecule has 0 bridgehead atoms. The normalized spacial score (nSPS) is 50.3. The first kappa shape index (κ1) is 20.4. The van der Waals surface area contributed by atoms with Crippen LogP contribution in [0, 0.1) is 22.7 Å². The Hall–Kier alpha value is -1.50. The molecule has 0 aromatic carbocycles. The summed E-state index contributed by atoms with van der Waals surface area (Å²) in [4.78, 5) is 23.9. The van der Waals surface area contributed by atoms with E-state index in [-0.39, 0.29) is 35.2 Å². The van der Waals surface area contributed by atoms with E-state index in [1.165, 1.54) is 12.3 Å². The lowest BCUT2D eigenvalue weighted by atomic mass is 9.41. The van der Waals surface area contributed by atoms with Crippen molar-refractivity contribution in [2.24, 2.45) is 22.7 Å². The number of fused-ring (bicyclic) bond motifs is 5. The molecular weight excluding hydrogens is 384 g/mol. The number of hydrogen-bond acceptors (Lipinski definition) is 6. The van der Waals surface area contributed by atoms with Gasteiger partial charge in [-0.3, -0.25) is 0 Å². The molecule has 6 nitrogen and oxygen atoms in total. The van der Waals surface area contributed by atoms with Crippen LogP contribution in [0.1, 0.15) is 76.2 Å². The molecule has 1 heterocycles. The minimum absolute atomic E-state index is 0.0577. The predicted octanol–water partition coefficient (Wildman–Crippen LogP) is 2.54. The van der Waals surface area contributed by atoms with E-state index >= 15 is 0 Å². The van der Waals surface area contributed by atoms with Crippen molar-refractivity contribution in [2.45, 2.75) is 87.9 Å². The Kier molecular flexibility index (Phi) is 4.42. The molecule has 4 aliphatic carbocycles. The van der Waals surface area contributed by atoms with Gasteiger partial charge in [-0.1, -0.05) is 6.92 Å². The fourth-order valence-electron chi connectivity index (χ4n) is 8.25. The topological polar surface area (TPSA) is 108 Å². The molecule has 30 heavy (non-hydrogen) atoms. The largest absolute Gasteiger partial charge is 0.431 e. The molecule has 164 valence electrons. The summed E-state index contributed by atoms with van der Waals surface area (Å²) in [5, 5.41) is 33.8. The standard InChI is InChI=1S/C24H32O6/c1-21-8-5-18-19(6-10-23(28)12-16(26)4-9-22(18,23)14-25)24(21,29)11-7-17(21)15-2-3-20(27)30-13-15/h2-3,13-14,16-19,26,28-29H,4-12H2,1H3/t16-,17-,18?,19?,21-,22?,23+,24+/m1/s1. The molecule has 4 aliphatic rings. The van der Waals surface area contributed by atoms with Crippen LogP contribution in [0.3, 0.4) is 0 Å². The molecule has 1 aromatic rings. The molecule has 3 N–H and O–H groups in total. The molecule has 0 spiro atoms. The lowest BCUT2D eigenvalue weighted by Gasteiger charge is -2.65. The van der Waals surface area contributed by atoms with E-state index in [9.17, 15) is 24.9 Å². The molecule has 5 rings (SSSR count). The summed E-state index contributed by atoms with van der Waals surface area (Å²) in [6.45, 7) is 2.14. The van der Waals surface area contributed by atoms with Gasteiger partial charge < -0.3 is 24.5 Å². The Bertz CT molecular complexity index is 891. The van der Waals surface area contributed by atoms with E-state index in [1.807, 2.05) is 6.07 Å². The van der Waals surface area contributed by atoms with Crippen molar-refractivity contribution >= 4 is 6.29 Å². The summed E-state index contributed by atoms with van der Waals surface area (Å²) in [7, 11) is 0. The molecule has 0 amide bonds. The van der Waals surface area contributed by atoms with Gasteiger partial charge in [0, 0.05) is 17.9 Å². The summed E-state index contributed by atoms with van der Waals surface area (Å²) >= 11 is 0. The summed E-state index contributed by atoms with van der Waals surface area (Å²) in [6, 6.07) is 3.26. The van der Waals surface area contributed by atoms with E-state index in [4.69, 9.17) is 4.42 Å². The second-order valence-electron chi connectivity index (χ2n) is 10.7. The molecule has 0 aliphatic heterocycles. The number of aliphatic hydroxyl groups is 3. The third kappa shape index (κ3) is 2.41. The van der Waals surface area contributed by atoms with Gasteiger partial charge in [0.2, 0.25) is 0 Å². The Morgan fingerprint density at radius 3 is 2.50 bits per heavy atom. The molecule has 4 fully saturated rings. The second-order valence-corrected chi connectivity index (χ2v) is 10.7. The Balaban J connectivity index is 1.53. The van der Waals surface area contributed by atoms with E-state index in [1.54, 1.807) is 0 Å². The minimum Gasteiger partial charge on any atom is -0.431 e. The van der Waals surface area contributed by atoms with Crippen molar-refractivity contribution < 1.29 is 24.5 Å². The number of rotatable bonds is 2. The zero-order valence-corrected chi connectivity index (χ0v) is 17.5. The maximum Gasteiger partial charge on any atom is 0.335 e. The number of carbonyl (C=O) groups is 1. The molecule has 6 heteroatoms. The fourth-order valence-corrected chi connectivity index (χ4v) is 8.25. The van der Waals surface area contributed by atoms with Gasteiger partial charge in [-0.15, -0.1) is 0 Å². The molecule has 0 radical (unpaired) electrons. The van der Waals surface area contributed by atoms with Gasteiger partial charge in [0.15, 0.2) is 0 Å². The molecule has 4 saturated carbocycles. The van der Waals surface area contributed by atoms with Crippen LogP contribution in [0.15, 0.2) is 27.6 Å². The number of aldehydes is 1. The van der Waals surface area contributed by atoms with Crippen LogP contribution >= 0.6 is 0 Å². The zero-order valence-electron chi connectivity index (χ0n) is 17.5. The van der Waals surface area contributed by atoms with Crippen molar-refractivity contribution in [3.8, 4) is 0 Å². The van der Waals surface area contributed by atoms with E-state index in [0.29, 0.717) is 32.1 Å². The third-order valence-corrected chi connectivity index (χ3v) is 9.84. The predicted molar refractivity (Wildman–Crippen MR) is 109 cm³/mol. The van der Waals surface area contributed by atoms with Crippen molar-refractivity contribution in [3.05, 3.63) is 34.4 Å². The second kappa shape index (κ2) is 6.50. The lowest BCUT2D eigenvalue weighted by Crippen LogP contribution is -2.68. The Morgan fingerprint density at radius 2 is 1.80 bits per heavy atom. The Labute approximate surface area is 176 Å². The fraction of sp³-hybridized carbons (Fsp3) is 0.750. The third-order valence-electron chi connectivity index (χ3n) is 9.84. The van der Waals surface area contributed by atoms with Crippen LogP contribution in [0.4, 0.5) is 0 Å². The van der Waals surface area contributed by atoms with Crippen LogP contribution in [0.5, 0.6) is 0 Å². The summed E-state index contributed by atoms with van der Waals surface area (Å²) in [6.07, 6.45) is 7.24.